The van der Waals surface area contributed by atoms with Crippen molar-refractivity contribution >= 4 is 0 Å². The van der Waals surface area contributed by atoms with Gasteiger partial charge in [0.25, 0.3) is 0 Å². The monoisotopic (exact) mass is 282 g/mol. The molecule has 1 saturated heterocycles. The molecule has 0 bridgehead atoms. The van der Waals surface area contributed by atoms with Crippen LogP contribution in [0.5, 0.6) is 5.75 Å². The molecule has 0 amide bonds. The fourth-order valence-electron chi connectivity index (χ4n) is 2.80. The third kappa shape index (κ3) is 2.95. The second-order valence-corrected chi connectivity index (χ2v) is 5.32. The van der Waals surface area contributed by atoms with E-state index in [2.05, 4.69) is 18.7 Å². The lowest BCUT2D eigenvalue weighted by molar-refractivity contribution is -0.0790. The van der Waals surface area contributed by atoms with Crippen molar-refractivity contribution in [2.45, 2.75) is 32.0 Å². The van der Waals surface area contributed by atoms with E-state index in [-0.39, 0.29) is 23.7 Å². The standard InChI is InChI=1S/C15H23FN2O2/c1-10(2)18-6-7-20-14(9-17)15(18)11-4-5-13(19-3)12(16)8-11/h4-5,8,10,14-15H,6-7,9,17H2,1-3H3. The minimum atomic E-state index is -0.352. The van der Waals surface area contributed by atoms with Crippen molar-refractivity contribution in [1.29, 1.82) is 0 Å². The third-order valence-electron chi connectivity index (χ3n) is 3.80. The maximum Gasteiger partial charge on any atom is 0.165 e. The van der Waals surface area contributed by atoms with Crippen molar-refractivity contribution in [1.82, 2.24) is 4.90 Å². The molecule has 0 saturated carbocycles. The van der Waals surface area contributed by atoms with E-state index in [4.69, 9.17) is 15.2 Å². The van der Waals surface area contributed by atoms with Gasteiger partial charge in [0.2, 0.25) is 0 Å². The van der Waals surface area contributed by atoms with Gasteiger partial charge in [-0.2, -0.15) is 0 Å². The fraction of sp³-hybridized carbons (Fsp3) is 0.600. The molecule has 1 aromatic rings. The van der Waals surface area contributed by atoms with Gasteiger partial charge in [-0.15, -0.1) is 0 Å². The number of morpholine rings is 1. The van der Waals surface area contributed by atoms with Crippen LogP contribution in [0, 0.1) is 5.82 Å². The summed E-state index contributed by atoms with van der Waals surface area (Å²) in [5.74, 6) is -0.0964. The van der Waals surface area contributed by atoms with E-state index in [9.17, 15) is 4.39 Å². The summed E-state index contributed by atoms with van der Waals surface area (Å²) in [6.07, 6.45) is -0.112. The zero-order valence-corrected chi connectivity index (χ0v) is 12.3. The molecule has 2 N–H and O–H groups in total. The van der Waals surface area contributed by atoms with Crippen molar-refractivity contribution in [2.75, 3.05) is 26.8 Å². The molecule has 1 aromatic carbocycles. The zero-order chi connectivity index (χ0) is 14.7. The van der Waals surface area contributed by atoms with Crippen LogP contribution < -0.4 is 10.5 Å². The Hall–Kier alpha value is -1.17. The highest BCUT2D eigenvalue weighted by atomic mass is 19.1. The zero-order valence-electron chi connectivity index (χ0n) is 12.3. The molecule has 4 nitrogen and oxygen atoms in total. The Morgan fingerprint density at radius 3 is 2.80 bits per heavy atom. The van der Waals surface area contributed by atoms with Gasteiger partial charge in [0.05, 0.1) is 25.9 Å². The predicted octanol–water partition coefficient (Wildman–Crippen LogP) is 1.94. The van der Waals surface area contributed by atoms with Crippen molar-refractivity contribution in [2.24, 2.45) is 5.73 Å². The topological polar surface area (TPSA) is 47.7 Å². The van der Waals surface area contributed by atoms with E-state index in [1.54, 1.807) is 6.07 Å². The van der Waals surface area contributed by atoms with Crippen LogP contribution in [0.2, 0.25) is 0 Å². The highest BCUT2D eigenvalue weighted by Crippen LogP contribution is 2.32. The van der Waals surface area contributed by atoms with E-state index >= 15 is 0 Å². The summed E-state index contributed by atoms with van der Waals surface area (Å²) >= 11 is 0. The minimum Gasteiger partial charge on any atom is -0.494 e. The number of hydrogen-bond donors (Lipinski definition) is 1. The highest BCUT2D eigenvalue weighted by molar-refractivity contribution is 5.32. The lowest BCUT2D eigenvalue weighted by Crippen LogP contribution is -2.50. The summed E-state index contributed by atoms with van der Waals surface area (Å²) in [7, 11) is 1.46. The second kappa shape index (κ2) is 6.52. The van der Waals surface area contributed by atoms with Gasteiger partial charge in [-0.3, -0.25) is 4.90 Å². The molecule has 1 aliphatic heterocycles. The van der Waals surface area contributed by atoms with E-state index in [0.29, 0.717) is 19.2 Å². The Balaban J connectivity index is 2.35. The highest BCUT2D eigenvalue weighted by Gasteiger charge is 2.34. The Bertz CT molecular complexity index is 453. The maximum absolute atomic E-state index is 13.9. The van der Waals surface area contributed by atoms with Crippen molar-refractivity contribution < 1.29 is 13.9 Å². The van der Waals surface area contributed by atoms with Crippen LogP contribution in [0.4, 0.5) is 4.39 Å². The van der Waals surface area contributed by atoms with Gasteiger partial charge in [0, 0.05) is 19.1 Å². The van der Waals surface area contributed by atoms with Crippen LogP contribution >= 0.6 is 0 Å². The molecular formula is C15H23FN2O2. The minimum absolute atomic E-state index is 0.0193. The average Bonchev–Trinajstić information content (AvgIpc) is 2.46. The van der Waals surface area contributed by atoms with E-state index in [1.807, 2.05) is 6.07 Å². The van der Waals surface area contributed by atoms with Crippen molar-refractivity contribution in [3.8, 4) is 5.75 Å². The molecule has 1 heterocycles. The van der Waals surface area contributed by atoms with Gasteiger partial charge in [-0.25, -0.2) is 4.39 Å². The Morgan fingerprint density at radius 1 is 1.50 bits per heavy atom. The van der Waals surface area contributed by atoms with Crippen LogP contribution in [0.25, 0.3) is 0 Å². The summed E-state index contributed by atoms with van der Waals surface area (Å²) in [5.41, 5.74) is 6.70. The molecule has 0 spiro atoms. The number of rotatable bonds is 4. The van der Waals surface area contributed by atoms with Crippen LogP contribution in [0.15, 0.2) is 18.2 Å². The number of hydrogen-bond acceptors (Lipinski definition) is 4. The van der Waals surface area contributed by atoms with Gasteiger partial charge in [0.1, 0.15) is 0 Å². The molecule has 5 heteroatoms. The molecule has 1 aliphatic rings. The molecule has 2 atom stereocenters. The Morgan fingerprint density at radius 2 is 2.25 bits per heavy atom. The van der Waals surface area contributed by atoms with Crippen molar-refractivity contribution in [3.05, 3.63) is 29.6 Å². The van der Waals surface area contributed by atoms with Gasteiger partial charge in [0.15, 0.2) is 11.6 Å². The largest absolute Gasteiger partial charge is 0.494 e. The number of benzene rings is 1. The third-order valence-corrected chi connectivity index (χ3v) is 3.80. The SMILES string of the molecule is COc1ccc(C2C(CN)OCCN2C(C)C)cc1F. The first-order valence-electron chi connectivity index (χ1n) is 6.99. The first-order chi connectivity index (χ1) is 9.58. The number of nitrogens with two attached hydrogens (primary N) is 1. The molecule has 0 aromatic heterocycles. The molecule has 0 radical (unpaired) electrons. The van der Waals surface area contributed by atoms with Crippen LogP contribution in [-0.4, -0.2) is 43.9 Å². The molecule has 0 aliphatic carbocycles. The predicted molar refractivity (Wildman–Crippen MR) is 76.3 cm³/mol. The van der Waals surface area contributed by atoms with Gasteiger partial charge < -0.3 is 15.2 Å². The molecule has 20 heavy (non-hydrogen) atoms. The number of nitrogens with zero attached hydrogens (tertiary/aromatic N) is 1. The maximum atomic E-state index is 13.9. The first-order valence-corrected chi connectivity index (χ1v) is 6.99. The summed E-state index contributed by atoms with van der Waals surface area (Å²) < 4.78 is 24.7. The smallest absolute Gasteiger partial charge is 0.165 e. The lowest BCUT2D eigenvalue weighted by Gasteiger charge is -2.43. The molecule has 2 rings (SSSR count). The van der Waals surface area contributed by atoms with Gasteiger partial charge in [-0.1, -0.05) is 6.07 Å². The average molecular weight is 282 g/mol. The molecule has 2 unspecified atom stereocenters. The Kier molecular flexibility index (Phi) is 4.96. The fourth-order valence-corrected chi connectivity index (χ4v) is 2.80. The summed E-state index contributed by atoms with van der Waals surface area (Å²) in [6, 6.07) is 5.40. The normalized spacial score (nSPS) is 24.1. The summed E-state index contributed by atoms with van der Waals surface area (Å²) in [6.45, 7) is 6.17. The van der Waals surface area contributed by atoms with Gasteiger partial charge >= 0.3 is 0 Å². The van der Waals surface area contributed by atoms with Crippen LogP contribution in [-0.2, 0) is 4.74 Å². The molecule has 112 valence electrons. The quantitative estimate of drug-likeness (QED) is 0.917. The summed E-state index contributed by atoms with van der Waals surface area (Å²) in [5, 5.41) is 0. The van der Waals surface area contributed by atoms with E-state index < -0.39 is 0 Å². The number of ether oxygens (including phenoxy) is 2. The first kappa shape index (κ1) is 15.2. The molecular weight excluding hydrogens is 259 g/mol. The Labute approximate surface area is 119 Å². The van der Waals surface area contributed by atoms with Crippen LogP contribution in [0.1, 0.15) is 25.5 Å². The lowest BCUT2D eigenvalue weighted by atomic mass is 9.96. The molecule has 1 fully saturated rings. The van der Waals surface area contributed by atoms with E-state index in [1.165, 1.54) is 13.2 Å². The van der Waals surface area contributed by atoms with Crippen molar-refractivity contribution in [3.63, 3.8) is 0 Å². The van der Waals surface area contributed by atoms with E-state index in [0.717, 1.165) is 12.1 Å². The number of halogens is 1. The van der Waals surface area contributed by atoms with Crippen LogP contribution in [0.3, 0.4) is 0 Å². The van der Waals surface area contributed by atoms with Gasteiger partial charge in [-0.05, 0) is 31.5 Å². The second-order valence-electron chi connectivity index (χ2n) is 5.32. The number of methoxy groups -OCH3 is 1. The summed E-state index contributed by atoms with van der Waals surface area (Å²) in [4.78, 5) is 2.31.